The van der Waals surface area contributed by atoms with E-state index < -0.39 is 0 Å². The first-order valence-electron chi connectivity index (χ1n) is 19.3. The van der Waals surface area contributed by atoms with Crippen molar-refractivity contribution < 1.29 is 4.42 Å². The van der Waals surface area contributed by atoms with Gasteiger partial charge in [-0.15, -0.1) is 0 Å². The average molecular weight is 718 g/mol. The van der Waals surface area contributed by atoms with Gasteiger partial charge in [0.05, 0.1) is 22.1 Å². The monoisotopic (exact) mass is 717 g/mol. The number of nitrogens with zero attached hydrogens (tertiary/aromatic N) is 3. The molecule has 0 bridgehead atoms. The molecular weight excluding hydrogens is 683 g/mol. The van der Waals surface area contributed by atoms with E-state index in [1.54, 1.807) is 0 Å². The number of rotatable bonds is 4. The summed E-state index contributed by atoms with van der Waals surface area (Å²) in [6, 6.07) is 63.3. The molecule has 1 aliphatic carbocycles. The van der Waals surface area contributed by atoms with Crippen LogP contribution in [0.3, 0.4) is 0 Å². The summed E-state index contributed by atoms with van der Waals surface area (Å²) >= 11 is 0. The van der Waals surface area contributed by atoms with E-state index in [1.807, 2.05) is 0 Å². The summed E-state index contributed by atoms with van der Waals surface area (Å²) in [6.45, 7) is 4.71. The van der Waals surface area contributed by atoms with E-state index in [0.717, 1.165) is 66.9 Å². The maximum Gasteiger partial charge on any atom is 0.146 e. The third-order valence-electron chi connectivity index (χ3n) is 12.1. The Labute approximate surface area is 323 Å². The molecule has 0 saturated heterocycles. The fraction of sp³-hybridized carbons (Fsp3) is 0.0577. The highest BCUT2D eigenvalue weighted by atomic mass is 16.3. The van der Waals surface area contributed by atoms with E-state index in [2.05, 4.69) is 199 Å². The first kappa shape index (κ1) is 31.2. The Morgan fingerprint density at radius 2 is 1.11 bits per heavy atom. The highest BCUT2D eigenvalue weighted by Gasteiger charge is 2.36. The second-order valence-corrected chi connectivity index (χ2v) is 15.6. The zero-order valence-corrected chi connectivity index (χ0v) is 31.0. The number of aromatic nitrogens is 3. The maximum atomic E-state index is 6.55. The Hall–Kier alpha value is -7.17. The lowest BCUT2D eigenvalue weighted by Crippen LogP contribution is -2.14. The van der Waals surface area contributed by atoms with E-state index >= 15 is 0 Å². The zero-order valence-electron chi connectivity index (χ0n) is 31.0. The van der Waals surface area contributed by atoms with Gasteiger partial charge in [0.2, 0.25) is 0 Å². The Morgan fingerprint density at radius 1 is 0.446 bits per heavy atom. The normalized spacial score (nSPS) is 13.3. The quantitative estimate of drug-likeness (QED) is 0.182. The van der Waals surface area contributed by atoms with Crippen LogP contribution in [0.15, 0.2) is 180 Å². The summed E-state index contributed by atoms with van der Waals surface area (Å²) in [7, 11) is 0. The molecule has 3 heterocycles. The van der Waals surface area contributed by atoms with E-state index in [-0.39, 0.29) is 5.41 Å². The summed E-state index contributed by atoms with van der Waals surface area (Å²) < 4.78 is 11.3. The van der Waals surface area contributed by atoms with Gasteiger partial charge in [-0.1, -0.05) is 111 Å². The van der Waals surface area contributed by atoms with Crippen LogP contribution >= 0.6 is 0 Å². The smallest absolute Gasteiger partial charge is 0.146 e. The molecule has 0 saturated carbocycles. The Morgan fingerprint density at radius 3 is 1.93 bits per heavy atom. The topological polar surface area (TPSA) is 35.9 Å². The summed E-state index contributed by atoms with van der Waals surface area (Å²) in [5.74, 6) is 0.892. The van der Waals surface area contributed by atoms with Gasteiger partial charge in [0.25, 0.3) is 0 Å². The third kappa shape index (κ3) is 4.32. The molecule has 264 valence electrons. The predicted molar refractivity (Wildman–Crippen MR) is 231 cm³/mol. The first-order valence-corrected chi connectivity index (χ1v) is 19.3. The second kappa shape index (κ2) is 11.4. The van der Waals surface area contributed by atoms with Crippen molar-refractivity contribution in [1.82, 2.24) is 14.1 Å². The number of benzene rings is 8. The molecule has 11 aromatic rings. The van der Waals surface area contributed by atoms with Gasteiger partial charge in [0.1, 0.15) is 17.0 Å². The van der Waals surface area contributed by atoms with Gasteiger partial charge in [0, 0.05) is 43.9 Å². The number of furan rings is 1. The van der Waals surface area contributed by atoms with Gasteiger partial charge >= 0.3 is 0 Å². The van der Waals surface area contributed by atoms with E-state index in [0.29, 0.717) is 0 Å². The molecule has 0 unspecified atom stereocenters. The molecule has 0 amide bonds. The molecule has 0 atom stereocenters. The van der Waals surface area contributed by atoms with Crippen LogP contribution in [-0.2, 0) is 5.41 Å². The van der Waals surface area contributed by atoms with Crippen LogP contribution in [0.5, 0.6) is 0 Å². The van der Waals surface area contributed by atoms with Crippen molar-refractivity contribution in [3.63, 3.8) is 0 Å². The molecule has 0 spiro atoms. The average Bonchev–Trinajstić information content (AvgIpc) is 3.97. The highest BCUT2D eigenvalue weighted by Crippen LogP contribution is 2.51. The molecule has 0 aliphatic heterocycles. The first-order chi connectivity index (χ1) is 27.5. The van der Waals surface area contributed by atoms with Crippen LogP contribution in [-0.4, -0.2) is 14.1 Å². The van der Waals surface area contributed by atoms with Gasteiger partial charge < -0.3 is 8.98 Å². The largest absolute Gasteiger partial charge is 0.456 e. The number of hydrogen-bond acceptors (Lipinski definition) is 2. The second-order valence-electron chi connectivity index (χ2n) is 15.6. The summed E-state index contributed by atoms with van der Waals surface area (Å²) in [5.41, 5.74) is 17.1. The fourth-order valence-electron chi connectivity index (χ4n) is 9.49. The molecule has 1 aliphatic rings. The maximum absolute atomic E-state index is 6.55. The van der Waals surface area contributed by atoms with Crippen molar-refractivity contribution in [1.29, 1.82) is 0 Å². The third-order valence-corrected chi connectivity index (χ3v) is 12.1. The Bertz CT molecular complexity index is 3380. The summed E-state index contributed by atoms with van der Waals surface area (Å²) in [5, 5.41) is 4.63. The minimum atomic E-state index is -0.0874. The van der Waals surface area contributed by atoms with Crippen LogP contribution in [0.1, 0.15) is 25.0 Å². The van der Waals surface area contributed by atoms with Crippen LogP contribution in [0.25, 0.3) is 99.8 Å². The van der Waals surface area contributed by atoms with Crippen molar-refractivity contribution >= 4 is 54.8 Å². The summed E-state index contributed by atoms with van der Waals surface area (Å²) in [4.78, 5) is 5.23. The molecule has 0 radical (unpaired) electrons. The number of imidazole rings is 1. The highest BCUT2D eigenvalue weighted by molar-refractivity contribution is 6.15. The molecule has 4 nitrogen and oxygen atoms in total. The molecule has 3 aromatic heterocycles. The number of para-hydroxylation sites is 4. The van der Waals surface area contributed by atoms with Gasteiger partial charge in [-0.05, 0) is 112 Å². The van der Waals surface area contributed by atoms with Crippen molar-refractivity contribution in [2.75, 3.05) is 0 Å². The standard InChI is InChI=1S/C52H35N3O/c1-52(2)42-20-10-9-18-36(42)38-30-40-39-28-32(24-26-45(39)54(47(40)31-43(38)52)34-14-5-3-6-15-34)33-25-27-48-41(29-33)50-37(19-13-23-49(50)56-48)51-53-44-21-11-12-22-46(44)55(51)35-16-7-4-8-17-35/h3-31H,1-2H3. The molecule has 8 aromatic carbocycles. The molecule has 0 fully saturated rings. The zero-order chi connectivity index (χ0) is 37.1. The Balaban J connectivity index is 1.09. The van der Waals surface area contributed by atoms with Crippen molar-refractivity contribution in [2.24, 2.45) is 0 Å². The lowest BCUT2D eigenvalue weighted by molar-refractivity contribution is 0.661. The molecule has 12 rings (SSSR count). The van der Waals surface area contributed by atoms with Crippen molar-refractivity contribution in [3.8, 4) is 45.0 Å². The SMILES string of the molecule is CC1(C)c2ccccc2-c2cc3c4cc(-c5ccc6oc7cccc(-c8nc9ccccc9n8-c8ccccc8)c7c6c5)ccc4n(-c4ccccc4)c3cc21. The minimum absolute atomic E-state index is 0.0874. The van der Waals surface area contributed by atoms with Gasteiger partial charge in [-0.25, -0.2) is 4.98 Å². The van der Waals surface area contributed by atoms with E-state index in [1.165, 1.54) is 44.1 Å². The van der Waals surface area contributed by atoms with Gasteiger partial charge in [-0.2, -0.15) is 0 Å². The van der Waals surface area contributed by atoms with Crippen molar-refractivity contribution in [2.45, 2.75) is 19.3 Å². The minimum Gasteiger partial charge on any atom is -0.456 e. The number of fused-ring (bicyclic) bond motifs is 10. The number of hydrogen-bond donors (Lipinski definition) is 0. The molecular formula is C52H35N3O. The van der Waals surface area contributed by atoms with Gasteiger partial charge in [0.15, 0.2) is 0 Å². The lowest BCUT2D eigenvalue weighted by Gasteiger charge is -2.21. The van der Waals surface area contributed by atoms with Crippen LogP contribution < -0.4 is 0 Å². The predicted octanol–water partition coefficient (Wildman–Crippen LogP) is 13.7. The van der Waals surface area contributed by atoms with E-state index in [9.17, 15) is 0 Å². The van der Waals surface area contributed by atoms with E-state index in [4.69, 9.17) is 9.40 Å². The molecule has 56 heavy (non-hydrogen) atoms. The lowest BCUT2D eigenvalue weighted by atomic mass is 9.82. The van der Waals surface area contributed by atoms with Crippen LogP contribution in [0.4, 0.5) is 0 Å². The van der Waals surface area contributed by atoms with Crippen LogP contribution in [0.2, 0.25) is 0 Å². The molecule has 0 N–H and O–H groups in total. The fourth-order valence-corrected chi connectivity index (χ4v) is 9.49. The van der Waals surface area contributed by atoms with Crippen LogP contribution in [0, 0.1) is 0 Å². The molecule has 4 heteroatoms. The van der Waals surface area contributed by atoms with Gasteiger partial charge in [-0.3, -0.25) is 4.57 Å². The summed E-state index contributed by atoms with van der Waals surface area (Å²) in [6.07, 6.45) is 0. The Kier molecular flexibility index (Phi) is 6.37. The van der Waals surface area contributed by atoms with Crippen molar-refractivity contribution in [3.05, 3.63) is 187 Å².